The number of nitrogens with zero attached hydrogens (tertiary/aromatic N) is 4. The molecule has 2 N–H and O–H groups in total. The summed E-state index contributed by atoms with van der Waals surface area (Å²) in [6.45, 7) is 5.30. The first-order valence-corrected chi connectivity index (χ1v) is 11.3. The second kappa shape index (κ2) is 7.15. The first kappa shape index (κ1) is 19.7. The third-order valence-electron chi connectivity index (χ3n) is 4.28. The lowest BCUT2D eigenvalue weighted by molar-refractivity contribution is 0.382. The van der Waals surface area contributed by atoms with Gasteiger partial charge in [-0.2, -0.15) is 4.31 Å². The molecule has 1 aliphatic rings. The normalized spacial score (nSPS) is 16.5. The first-order chi connectivity index (χ1) is 12.6. The fraction of sp³-hybridized carbons (Fsp3) is 0.375. The number of benzene rings is 1. The van der Waals surface area contributed by atoms with Crippen LogP contribution in [0.5, 0.6) is 0 Å². The molecule has 146 valence electrons. The summed E-state index contributed by atoms with van der Waals surface area (Å²) in [7, 11) is -7.58. The van der Waals surface area contributed by atoms with Crippen LogP contribution in [0.2, 0.25) is 0 Å². The second-order valence-corrected chi connectivity index (χ2v) is 9.86. The van der Waals surface area contributed by atoms with E-state index < -0.39 is 20.0 Å². The fourth-order valence-corrected chi connectivity index (χ4v) is 4.87. The van der Waals surface area contributed by atoms with Crippen molar-refractivity contribution in [1.82, 2.24) is 14.3 Å². The molecule has 27 heavy (non-hydrogen) atoms. The number of sulfonamides is 2. The Morgan fingerprint density at radius 3 is 1.81 bits per heavy atom. The molecule has 1 aromatic heterocycles. The van der Waals surface area contributed by atoms with Gasteiger partial charge in [0.2, 0.25) is 26.0 Å². The molecule has 0 aliphatic carbocycles. The fourth-order valence-electron chi connectivity index (χ4n) is 2.93. The Hall–Kier alpha value is -2.08. The standard InChI is InChI=1S/C16H21N5O4S2/c1-12-11-13(2)19-16(18-12)20-7-9-21(10-8-20)27(24,25)15-5-3-14(4-6-15)26(17,22)23/h3-6,11H,7-10H2,1-2H3,(H2,17,22,23). The van der Waals surface area contributed by atoms with Gasteiger partial charge in [0.1, 0.15) is 0 Å². The molecule has 1 aromatic carbocycles. The molecule has 0 radical (unpaired) electrons. The van der Waals surface area contributed by atoms with Crippen LogP contribution in [0, 0.1) is 13.8 Å². The Balaban J connectivity index is 1.74. The van der Waals surface area contributed by atoms with Crippen LogP contribution in [-0.2, 0) is 20.0 Å². The molecule has 0 atom stereocenters. The summed E-state index contributed by atoms with van der Waals surface area (Å²) < 4.78 is 49.6. The number of nitrogens with two attached hydrogens (primary N) is 1. The number of aromatic nitrogens is 2. The summed E-state index contributed by atoms with van der Waals surface area (Å²) in [6.07, 6.45) is 0. The topological polar surface area (TPSA) is 127 Å². The Morgan fingerprint density at radius 1 is 0.852 bits per heavy atom. The van der Waals surface area contributed by atoms with E-state index in [1.54, 1.807) is 0 Å². The van der Waals surface area contributed by atoms with E-state index in [-0.39, 0.29) is 22.9 Å². The molecule has 2 aromatic rings. The molecule has 9 nitrogen and oxygen atoms in total. The summed E-state index contributed by atoms with van der Waals surface area (Å²) in [6, 6.07) is 6.79. The Morgan fingerprint density at radius 2 is 1.33 bits per heavy atom. The Kier molecular flexibility index (Phi) is 5.21. The number of rotatable bonds is 4. The number of piperazine rings is 1. The average Bonchev–Trinajstić information content (AvgIpc) is 2.60. The van der Waals surface area contributed by atoms with Crippen molar-refractivity contribution in [3.63, 3.8) is 0 Å². The molecule has 0 amide bonds. The minimum atomic E-state index is -3.86. The monoisotopic (exact) mass is 411 g/mol. The van der Waals surface area contributed by atoms with Gasteiger partial charge in [0.15, 0.2) is 0 Å². The van der Waals surface area contributed by atoms with Gasteiger partial charge in [-0.25, -0.2) is 31.9 Å². The van der Waals surface area contributed by atoms with Crippen LogP contribution in [0.25, 0.3) is 0 Å². The van der Waals surface area contributed by atoms with Crippen LogP contribution < -0.4 is 10.0 Å². The van der Waals surface area contributed by atoms with E-state index >= 15 is 0 Å². The molecule has 1 saturated heterocycles. The maximum atomic E-state index is 12.8. The molecule has 0 bridgehead atoms. The summed E-state index contributed by atoms with van der Waals surface area (Å²) in [5.41, 5.74) is 1.73. The quantitative estimate of drug-likeness (QED) is 0.764. The van der Waals surface area contributed by atoms with Gasteiger partial charge in [-0.15, -0.1) is 0 Å². The lowest BCUT2D eigenvalue weighted by atomic mass is 10.3. The summed E-state index contributed by atoms with van der Waals surface area (Å²) in [4.78, 5) is 10.7. The molecule has 1 aliphatic heterocycles. The molecule has 0 saturated carbocycles. The molecule has 0 unspecified atom stereocenters. The lowest BCUT2D eigenvalue weighted by Crippen LogP contribution is -2.49. The third-order valence-corrected chi connectivity index (χ3v) is 7.12. The van der Waals surface area contributed by atoms with E-state index in [1.165, 1.54) is 28.6 Å². The van der Waals surface area contributed by atoms with Gasteiger partial charge in [0, 0.05) is 37.6 Å². The van der Waals surface area contributed by atoms with Gasteiger partial charge < -0.3 is 4.90 Å². The van der Waals surface area contributed by atoms with E-state index in [0.717, 1.165) is 11.4 Å². The number of hydrogen-bond donors (Lipinski definition) is 1. The van der Waals surface area contributed by atoms with E-state index in [0.29, 0.717) is 19.0 Å². The van der Waals surface area contributed by atoms with Gasteiger partial charge in [-0.05, 0) is 44.2 Å². The minimum Gasteiger partial charge on any atom is -0.338 e. The van der Waals surface area contributed by atoms with Crippen LogP contribution in [0.1, 0.15) is 11.4 Å². The zero-order chi connectivity index (χ0) is 19.8. The van der Waals surface area contributed by atoms with Crippen LogP contribution in [0.4, 0.5) is 5.95 Å². The predicted octanol–water partition coefficient (Wildman–Crippen LogP) is 0.252. The summed E-state index contributed by atoms with van der Waals surface area (Å²) >= 11 is 0. The van der Waals surface area contributed by atoms with Crippen LogP contribution >= 0.6 is 0 Å². The molecule has 2 heterocycles. The van der Waals surface area contributed by atoms with Crippen LogP contribution in [-0.4, -0.2) is 57.3 Å². The summed E-state index contributed by atoms with van der Waals surface area (Å²) in [5, 5.41) is 5.05. The van der Waals surface area contributed by atoms with E-state index in [1.807, 2.05) is 24.8 Å². The van der Waals surface area contributed by atoms with Crippen molar-refractivity contribution < 1.29 is 16.8 Å². The van der Waals surface area contributed by atoms with Crippen molar-refractivity contribution in [2.45, 2.75) is 23.6 Å². The SMILES string of the molecule is Cc1cc(C)nc(N2CCN(S(=O)(=O)c3ccc(S(N)(=O)=O)cc3)CC2)n1. The molecule has 1 fully saturated rings. The second-order valence-electron chi connectivity index (χ2n) is 6.36. The smallest absolute Gasteiger partial charge is 0.243 e. The molecule has 11 heteroatoms. The number of aryl methyl sites for hydroxylation is 2. The Bertz CT molecular complexity index is 1020. The number of primary sulfonamides is 1. The maximum absolute atomic E-state index is 12.8. The van der Waals surface area contributed by atoms with Crippen molar-refractivity contribution in [3.05, 3.63) is 41.7 Å². The maximum Gasteiger partial charge on any atom is 0.243 e. The highest BCUT2D eigenvalue weighted by molar-refractivity contribution is 7.89. The molecule has 3 rings (SSSR count). The third kappa shape index (κ3) is 4.26. The largest absolute Gasteiger partial charge is 0.338 e. The van der Waals surface area contributed by atoms with E-state index in [4.69, 9.17) is 5.14 Å². The summed E-state index contributed by atoms with van der Waals surface area (Å²) in [5.74, 6) is 0.599. The number of hydrogen-bond acceptors (Lipinski definition) is 7. The van der Waals surface area contributed by atoms with Crippen molar-refractivity contribution in [1.29, 1.82) is 0 Å². The number of anilines is 1. The zero-order valence-electron chi connectivity index (χ0n) is 15.0. The van der Waals surface area contributed by atoms with Crippen LogP contribution in [0.15, 0.2) is 40.1 Å². The van der Waals surface area contributed by atoms with Gasteiger partial charge in [0.25, 0.3) is 0 Å². The highest BCUT2D eigenvalue weighted by Gasteiger charge is 2.29. The molecule has 0 spiro atoms. The van der Waals surface area contributed by atoms with Gasteiger partial charge in [-0.1, -0.05) is 0 Å². The first-order valence-electron chi connectivity index (χ1n) is 8.27. The zero-order valence-corrected chi connectivity index (χ0v) is 16.7. The van der Waals surface area contributed by atoms with Gasteiger partial charge >= 0.3 is 0 Å². The highest BCUT2D eigenvalue weighted by Crippen LogP contribution is 2.21. The molecular weight excluding hydrogens is 390 g/mol. The van der Waals surface area contributed by atoms with Gasteiger partial charge in [-0.3, -0.25) is 0 Å². The van der Waals surface area contributed by atoms with Crippen molar-refractivity contribution in [2.75, 3.05) is 31.1 Å². The highest BCUT2D eigenvalue weighted by atomic mass is 32.2. The molecular formula is C16H21N5O4S2. The predicted molar refractivity (Wildman–Crippen MR) is 100 cm³/mol. The van der Waals surface area contributed by atoms with Crippen LogP contribution in [0.3, 0.4) is 0 Å². The van der Waals surface area contributed by atoms with Crippen molar-refractivity contribution >= 4 is 26.0 Å². The van der Waals surface area contributed by atoms with E-state index in [9.17, 15) is 16.8 Å². The average molecular weight is 412 g/mol. The Labute approximate surface area is 158 Å². The minimum absolute atomic E-state index is 0.0333. The van der Waals surface area contributed by atoms with Crippen molar-refractivity contribution in [3.8, 4) is 0 Å². The van der Waals surface area contributed by atoms with E-state index in [2.05, 4.69) is 9.97 Å². The van der Waals surface area contributed by atoms with Gasteiger partial charge in [0.05, 0.1) is 9.79 Å². The lowest BCUT2D eigenvalue weighted by Gasteiger charge is -2.34. The van der Waals surface area contributed by atoms with Crippen molar-refractivity contribution in [2.24, 2.45) is 5.14 Å².